The Morgan fingerprint density at radius 3 is 2.31 bits per heavy atom. The number of rotatable bonds is 8. The fraction of sp³-hybridized carbons (Fsp3) is 0.325. The van der Waals surface area contributed by atoms with Gasteiger partial charge in [0, 0.05) is 59.3 Å². The van der Waals surface area contributed by atoms with Crippen LogP contribution >= 0.6 is 23.2 Å². The van der Waals surface area contributed by atoms with Gasteiger partial charge < -0.3 is 23.9 Å². The van der Waals surface area contributed by atoms with Crippen LogP contribution in [0.5, 0.6) is 5.75 Å². The van der Waals surface area contributed by atoms with Crippen LogP contribution in [0, 0.1) is 34.6 Å². The maximum absolute atomic E-state index is 15.1. The molecule has 0 radical (unpaired) electrons. The predicted octanol–water partition coefficient (Wildman–Crippen LogP) is 9.31. The fourth-order valence-corrected chi connectivity index (χ4v) is 8.35. The smallest absolute Gasteiger partial charge is 0.352 e. The Morgan fingerprint density at radius 1 is 0.961 bits per heavy atom. The SMILES string of the molecule is Cc1cc(OCCCc2c3n(c4c(-c5c(C)nn(C)c5C)c(Cl)ccc24)[C@H](C)CN(c2c(C)ccc4cc(C(=O)O)n(C)c24)C3=O)cc(C)c1Cl. The van der Waals surface area contributed by atoms with Crippen molar-refractivity contribution in [2.75, 3.05) is 18.1 Å². The third-order valence-corrected chi connectivity index (χ3v) is 11.3. The third kappa shape index (κ3) is 5.49. The quantitative estimate of drug-likeness (QED) is 0.158. The molecular formula is C40H41Cl2N5O4. The third-order valence-electron chi connectivity index (χ3n) is 10.4. The van der Waals surface area contributed by atoms with Crippen LogP contribution < -0.4 is 9.64 Å². The first-order valence-electron chi connectivity index (χ1n) is 17.1. The van der Waals surface area contributed by atoms with Crippen molar-refractivity contribution in [1.82, 2.24) is 18.9 Å². The van der Waals surface area contributed by atoms with E-state index in [0.717, 1.165) is 77.5 Å². The van der Waals surface area contributed by atoms with Gasteiger partial charge in [0.1, 0.15) is 17.1 Å². The van der Waals surface area contributed by atoms with E-state index in [1.54, 1.807) is 17.7 Å². The largest absolute Gasteiger partial charge is 0.494 e. The highest BCUT2D eigenvalue weighted by atomic mass is 35.5. The lowest BCUT2D eigenvalue weighted by molar-refractivity contribution is 0.0687. The minimum absolute atomic E-state index is 0.139. The number of amides is 1. The van der Waals surface area contributed by atoms with E-state index in [0.29, 0.717) is 42.2 Å². The first-order valence-corrected chi connectivity index (χ1v) is 17.9. The summed E-state index contributed by atoms with van der Waals surface area (Å²) in [6, 6.07) is 13.2. The first kappa shape index (κ1) is 34.7. The van der Waals surface area contributed by atoms with Crippen LogP contribution in [0.1, 0.15) is 74.0 Å². The zero-order valence-electron chi connectivity index (χ0n) is 30.1. The molecule has 1 amide bonds. The van der Waals surface area contributed by atoms with Crippen molar-refractivity contribution >= 4 is 62.6 Å². The van der Waals surface area contributed by atoms with E-state index in [4.69, 9.17) is 33.0 Å². The average molecular weight is 727 g/mol. The number of carbonyl (C=O) groups excluding carboxylic acids is 1. The molecule has 1 atom stereocenters. The Labute approximate surface area is 306 Å². The number of hydrogen-bond acceptors (Lipinski definition) is 4. The standard InChI is InChI=1S/C40H41Cl2N5O4/c1-20-11-12-26-18-31(40(49)50)44(7)36(26)35(20)46-19-23(4)47-37-29(13-14-30(41)33(37)32-24(5)43-45(8)25(32)6)28(38(47)39(46)48)10-9-15-51-27-16-21(2)34(42)22(3)17-27/h11-14,16-18,23H,9-10,15,19H2,1-8H3,(H,49,50)/t23-/m1/s1. The molecule has 0 aliphatic carbocycles. The number of hydrogen-bond donors (Lipinski definition) is 1. The number of aromatic nitrogens is 4. The molecule has 0 spiro atoms. The molecule has 1 aliphatic heterocycles. The van der Waals surface area contributed by atoms with Gasteiger partial charge in [-0.3, -0.25) is 9.48 Å². The lowest BCUT2D eigenvalue weighted by Crippen LogP contribution is -2.43. The number of carboxylic acids is 1. The normalized spacial score (nSPS) is 14.6. The number of nitrogens with zero attached hydrogens (tertiary/aromatic N) is 5. The molecule has 3 aromatic carbocycles. The van der Waals surface area contributed by atoms with E-state index in [2.05, 4.69) is 11.5 Å². The van der Waals surface area contributed by atoms with Crippen molar-refractivity contribution in [2.24, 2.45) is 14.1 Å². The van der Waals surface area contributed by atoms with E-state index in [9.17, 15) is 9.90 Å². The number of ether oxygens (including phenoxy) is 1. The first-order chi connectivity index (χ1) is 24.2. The summed E-state index contributed by atoms with van der Waals surface area (Å²) >= 11 is 13.5. The molecule has 264 valence electrons. The molecule has 9 nitrogen and oxygen atoms in total. The summed E-state index contributed by atoms with van der Waals surface area (Å²) in [5.41, 5.74) is 10.5. The molecule has 0 saturated carbocycles. The average Bonchev–Trinajstić information content (AvgIpc) is 3.68. The summed E-state index contributed by atoms with van der Waals surface area (Å²) in [5.74, 6) is -0.397. The second-order valence-corrected chi connectivity index (χ2v) is 14.6. The van der Waals surface area contributed by atoms with Crippen molar-refractivity contribution in [3.8, 4) is 16.9 Å². The summed E-state index contributed by atoms with van der Waals surface area (Å²) in [7, 11) is 3.67. The van der Waals surface area contributed by atoms with Crippen LogP contribution in [0.4, 0.5) is 5.69 Å². The minimum atomic E-state index is -1.02. The monoisotopic (exact) mass is 725 g/mol. The maximum atomic E-state index is 15.1. The summed E-state index contributed by atoms with van der Waals surface area (Å²) in [6.45, 7) is 12.9. The molecule has 7 rings (SSSR count). The Bertz CT molecular complexity index is 2410. The van der Waals surface area contributed by atoms with Crippen molar-refractivity contribution < 1.29 is 19.4 Å². The lowest BCUT2D eigenvalue weighted by atomic mass is 9.98. The zero-order valence-corrected chi connectivity index (χ0v) is 31.6. The van der Waals surface area contributed by atoms with Crippen molar-refractivity contribution in [2.45, 2.75) is 60.4 Å². The van der Waals surface area contributed by atoms with Gasteiger partial charge >= 0.3 is 5.97 Å². The van der Waals surface area contributed by atoms with E-state index in [1.165, 1.54) is 0 Å². The molecule has 0 bridgehead atoms. The molecule has 3 aromatic heterocycles. The lowest BCUT2D eigenvalue weighted by Gasteiger charge is -2.35. The van der Waals surface area contributed by atoms with Crippen molar-refractivity contribution in [3.63, 3.8) is 0 Å². The van der Waals surface area contributed by atoms with E-state index in [-0.39, 0.29) is 17.6 Å². The van der Waals surface area contributed by atoms with Crippen molar-refractivity contribution in [1.29, 1.82) is 0 Å². The zero-order chi connectivity index (χ0) is 36.6. The van der Waals surface area contributed by atoms with Crippen LogP contribution in [-0.2, 0) is 20.5 Å². The Balaban J connectivity index is 1.40. The molecule has 1 aliphatic rings. The van der Waals surface area contributed by atoms with Gasteiger partial charge in [-0.15, -0.1) is 0 Å². The van der Waals surface area contributed by atoms with Crippen LogP contribution in [0.15, 0.2) is 42.5 Å². The van der Waals surface area contributed by atoms with Gasteiger partial charge in [-0.25, -0.2) is 4.79 Å². The molecular weight excluding hydrogens is 685 g/mol. The number of fused-ring (bicyclic) bond motifs is 4. The van der Waals surface area contributed by atoms with Gasteiger partial charge in [-0.2, -0.15) is 5.10 Å². The number of carboxylic acid groups (broad SMARTS) is 1. The van der Waals surface area contributed by atoms with Crippen LogP contribution in [0.3, 0.4) is 0 Å². The van der Waals surface area contributed by atoms with Gasteiger partial charge in [0.05, 0.1) is 34.0 Å². The molecule has 0 saturated heterocycles. The minimum Gasteiger partial charge on any atom is -0.494 e. The molecule has 6 aromatic rings. The Morgan fingerprint density at radius 2 is 1.67 bits per heavy atom. The Kier molecular flexibility index (Phi) is 8.71. The summed E-state index contributed by atoms with van der Waals surface area (Å²) in [4.78, 5) is 29.1. The summed E-state index contributed by atoms with van der Waals surface area (Å²) in [6.07, 6.45) is 1.24. The van der Waals surface area contributed by atoms with E-state index < -0.39 is 5.97 Å². The number of benzene rings is 3. The van der Waals surface area contributed by atoms with Crippen LogP contribution in [-0.4, -0.2) is 49.0 Å². The summed E-state index contributed by atoms with van der Waals surface area (Å²) in [5, 5.41) is 17.7. The predicted molar refractivity (Wildman–Crippen MR) is 204 cm³/mol. The maximum Gasteiger partial charge on any atom is 0.352 e. The topological polar surface area (TPSA) is 94.5 Å². The van der Waals surface area contributed by atoms with Crippen LogP contribution in [0.25, 0.3) is 32.9 Å². The Hall–Kier alpha value is -4.73. The number of anilines is 1. The van der Waals surface area contributed by atoms with E-state index >= 15 is 4.79 Å². The number of aromatic carboxylic acids is 1. The van der Waals surface area contributed by atoms with Gasteiger partial charge in [0.15, 0.2) is 0 Å². The van der Waals surface area contributed by atoms with Crippen molar-refractivity contribution in [3.05, 3.63) is 97.5 Å². The van der Waals surface area contributed by atoms with Gasteiger partial charge in [-0.05, 0) is 101 Å². The highest BCUT2D eigenvalue weighted by molar-refractivity contribution is 6.35. The number of carbonyl (C=O) groups is 2. The second kappa shape index (κ2) is 12.8. The highest BCUT2D eigenvalue weighted by Gasteiger charge is 2.38. The molecule has 1 N–H and O–H groups in total. The molecule has 0 fully saturated rings. The second-order valence-electron chi connectivity index (χ2n) is 13.8. The van der Waals surface area contributed by atoms with Gasteiger partial charge in [0.2, 0.25) is 0 Å². The molecule has 0 unspecified atom stereocenters. The molecule has 11 heteroatoms. The molecule has 4 heterocycles. The summed E-state index contributed by atoms with van der Waals surface area (Å²) < 4.78 is 11.9. The van der Waals surface area contributed by atoms with Gasteiger partial charge in [-0.1, -0.05) is 41.4 Å². The van der Waals surface area contributed by atoms with Gasteiger partial charge in [0.25, 0.3) is 5.91 Å². The molecule has 51 heavy (non-hydrogen) atoms. The fourth-order valence-electron chi connectivity index (χ4n) is 8.00. The van der Waals surface area contributed by atoms with E-state index in [1.807, 2.05) is 87.6 Å². The highest BCUT2D eigenvalue weighted by Crippen LogP contribution is 2.46. The number of halogens is 2. The number of aryl methyl sites for hydroxylation is 7. The van der Waals surface area contributed by atoms with Crippen LogP contribution in [0.2, 0.25) is 10.0 Å².